The Labute approximate surface area is 174 Å². The minimum Gasteiger partial charge on any atom is -0.452 e. The van der Waals surface area contributed by atoms with Crippen molar-refractivity contribution < 1.29 is 23.9 Å². The minimum atomic E-state index is -0.784. The molecule has 158 valence electrons. The van der Waals surface area contributed by atoms with Crippen LogP contribution in [0.2, 0.25) is 0 Å². The van der Waals surface area contributed by atoms with Crippen molar-refractivity contribution >= 4 is 35.1 Å². The largest absolute Gasteiger partial charge is 0.452 e. The number of rotatable bonds is 9. The molecule has 5 N–H and O–H groups in total. The molecule has 0 heterocycles. The average molecular weight is 412 g/mol. The second-order valence-electron chi connectivity index (χ2n) is 6.37. The Morgan fingerprint density at radius 1 is 0.867 bits per heavy atom. The third kappa shape index (κ3) is 5.81. The summed E-state index contributed by atoms with van der Waals surface area (Å²) in [5.74, 6) is -2.87. The van der Waals surface area contributed by atoms with Crippen LogP contribution < -0.4 is 21.7 Å². The smallest absolute Gasteiger partial charge is 0.338 e. The Kier molecular flexibility index (Phi) is 7.51. The van der Waals surface area contributed by atoms with Crippen LogP contribution in [0.1, 0.15) is 44.9 Å². The van der Waals surface area contributed by atoms with E-state index in [-0.39, 0.29) is 16.8 Å². The van der Waals surface area contributed by atoms with Crippen molar-refractivity contribution in [2.75, 3.05) is 29.9 Å². The Bertz CT molecular complexity index is 920. The monoisotopic (exact) mass is 412 g/mol. The number of anilines is 2. The van der Waals surface area contributed by atoms with Gasteiger partial charge in [0.15, 0.2) is 6.61 Å². The summed E-state index contributed by atoms with van der Waals surface area (Å²) < 4.78 is 5.02. The van der Waals surface area contributed by atoms with Crippen LogP contribution in [-0.4, -0.2) is 43.4 Å². The van der Waals surface area contributed by atoms with Gasteiger partial charge in [-0.05, 0) is 56.3 Å². The van der Waals surface area contributed by atoms with E-state index in [0.717, 1.165) is 18.8 Å². The van der Waals surface area contributed by atoms with E-state index in [9.17, 15) is 19.2 Å². The molecule has 9 nitrogen and oxygen atoms in total. The van der Waals surface area contributed by atoms with E-state index in [1.807, 2.05) is 26.0 Å². The van der Waals surface area contributed by atoms with Gasteiger partial charge in [0.2, 0.25) is 11.8 Å². The SMILES string of the molecule is CCN(CC)c1ccc(C(=O)OCC(=O)Nc2cc(C(N)=O)cc(C(N)=O)c2)cc1. The zero-order valence-electron chi connectivity index (χ0n) is 16.8. The molecule has 0 aromatic heterocycles. The van der Waals surface area contributed by atoms with Gasteiger partial charge in [-0.3, -0.25) is 14.4 Å². The van der Waals surface area contributed by atoms with Crippen LogP contribution in [0.25, 0.3) is 0 Å². The molecule has 0 spiro atoms. The summed E-state index contributed by atoms with van der Waals surface area (Å²) in [4.78, 5) is 49.2. The maximum atomic E-state index is 12.2. The van der Waals surface area contributed by atoms with Crippen LogP contribution in [-0.2, 0) is 9.53 Å². The van der Waals surface area contributed by atoms with E-state index in [4.69, 9.17) is 16.2 Å². The molecule has 0 aliphatic heterocycles. The summed E-state index contributed by atoms with van der Waals surface area (Å²) in [6.45, 7) is 5.21. The Balaban J connectivity index is 2.00. The molecule has 2 aromatic carbocycles. The maximum absolute atomic E-state index is 12.2. The van der Waals surface area contributed by atoms with Gasteiger partial charge >= 0.3 is 5.97 Å². The van der Waals surface area contributed by atoms with Crippen LogP contribution in [0.3, 0.4) is 0 Å². The number of nitrogens with one attached hydrogen (secondary N) is 1. The Morgan fingerprint density at radius 3 is 1.87 bits per heavy atom. The van der Waals surface area contributed by atoms with Gasteiger partial charge in [0, 0.05) is 35.6 Å². The summed E-state index contributed by atoms with van der Waals surface area (Å²) >= 11 is 0. The van der Waals surface area contributed by atoms with Crippen molar-refractivity contribution in [3.8, 4) is 0 Å². The van der Waals surface area contributed by atoms with E-state index in [2.05, 4.69) is 10.2 Å². The second kappa shape index (κ2) is 10.1. The number of primary amides is 2. The van der Waals surface area contributed by atoms with Gasteiger partial charge in [0.05, 0.1) is 5.56 Å². The zero-order valence-corrected chi connectivity index (χ0v) is 16.8. The van der Waals surface area contributed by atoms with Crippen LogP contribution in [0, 0.1) is 0 Å². The predicted octanol–water partition coefficient (Wildman–Crippen LogP) is 1.53. The average Bonchev–Trinajstić information content (AvgIpc) is 2.73. The number of hydrogen-bond acceptors (Lipinski definition) is 6. The van der Waals surface area contributed by atoms with E-state index in [1.54, 1.807) is 12.1 Å². The van der Waals surface area contributed by atoms with Crippen molar-refractivity contribution in [2.45, 2.75) is 13.8 Å². The first kappa shape index (κ1) is 22.4. The Hall–Kier alpha value is -3.88. The van der Waals surface area contributed by atoms with E-state index < -0.39 is 30.3 Å². The topological polar surface area (TPSA) is 145 Å². The van der Waals surface area contributed by atoms with Crippen molar-refractivity contribution in [2.24, 2.45) is 11.5 Å². The quantitative estimate of drug-likeness (QED) is 0.533. The van der Waals surface area contributed by atoms with Gasteiger partial charge in [-0.1, -0.05) is 0 Å². The number of nitrogens with two attached hydrogens (primary N) is 2. The van der Waals surface area contributed by atoms with Gasteiger partial charge in [-0.25, -0.2) is 4.79 Å². The fraction of sp³-hybridized carbons (Fsp3) is 0.238. The highest BCUT2D eigenvalue weighted by molar-refractivity contribution is 6.02. The molecule has 0 aliphatic rings. The molecular weight excluding hydrogens is 388 g/mol. The molecule has 3 amide bonds. The molecule has 0 atom stereocenters. The summed E-state index contributed by atoms with van der Waals surface area (Å²) in [7, 11) is 0. The second-order valence-corrected chi connectivity index (χ2v) is 6.37. The summed E-state index contributed by atoms with van der Waals surface area (Å²) in [5, 5.41) is 2.44. The first-order valence-electron chi connectivity index (χ1n) is 9.31. The van der Waals surface area contributed by atoms with Gasteiger partial charge < -0.3 is 26.4 Å². The normalized spacial score (nSPS) is 10.2. The fourth-order valence-electron chi connectivity index (χ4n) is 2.79. The molecular formula is C21H24N4O5. The number of hydrogen-bond donors (Lipinski definition) is 3. The molecule has 0 bridgehead atoms. The van der Waals surface area contributed by atoms with Gasteiger partial charge in [-0.15, -0.1) is 0 Å². The van der Waals surface area contributed by atoms with Crippen LogP contribution in [0.4, 0.5) is 11.4 Å². The summed E-state index contributed by atoms with van der Waals surface area (Å²) in [6, 6.07) is 10.7. The number of carbonyl (C=O) groups is 4. The highest BCUT2D eigenvalue weighted by atomic mass is 16.5. The molecule has 30 heavy (non-hydrogen) atoms. The van der Waals surface area contributed by atoms with Crippen molar-refractivity contribution in [3.63, 3.8) is 0 Å². The number of benzene rings is 2. The molecule has 9 heteroatoms. The molecule has 2 aromatic rings. The zero-order chi connectivity index (χ0) is 22.3. The van der Waals surface area contributed by atoms with E-state index in [0.29, 0.717) is 5.56 Å². The van der Waals surface area contributed by atoms with E-state index >= 15 is 0 Å². The number of ether oxygens (including phenoxy) is 1. The third-order valence-corrected chi connectivity index (χ3v) is 4.35. The minimum absolute atomic E-state index is 0.00638. The Morgan fingerprint density at radius 2 is 1.40 bits per heavy atom. The lowest BCUT2D eigenvalue weighted by Gasteiger charge is -2.20. The molecule has 0 radical (unpaired) electrons. The van der Waals surface area contributed by atoms with Crippen LogP contribution in [0.15, 0.2) is 42.5 Å². The first-order chi connectivity index (χ1) is 14.2. The molecule has 0 aliphatic carbocycles. The molecule has 0 fully saturated rings. The standard InChI is InChI=1S/C21H24N4O5/c1-3-25(4-2)17-7-5-13(6-8-17)21(29)30-12-18(26)24-16-10-14(19(22)27)9-15(11-16)20(23)28/h5-11H,3-4,12H2,1-2H3,(H2,22,27)(H2,23,28)(H,24,26). The van der Waals surface area contributed by atoms with Gasteiger partial charge in [-0.2, -0.15) is 0 Å². The maximum Gasteiger partial charge on any atom is 0.338 e. The molecule has 0 saturated carbocycles. The summed E-state index contributed by atoms with van der Waals surface area (Å²) in [5.41, 5.74) is 11.9. The predicted molar refractivity (Wildman–Crippen MR) is 112 cm³/mol. The van der Waals surface area contributed by atoms with Crippen LogP contribution in [0.5, 0.6) is 0 Å². The van der Waals surface area contributed by atoms with Crippen molar-refractivity contribution in [1.82, 2.24) is 0 Å². The first-order valence-corrected chi connectivity index (χ1v) is 9.31. The highest BCUT2D eigenvalue weighted by Crippen LogP contribution is 2.16. The van der Waals surface area contributed by atoms with Crippen molar-refractivity contribution in [1.29, 1.82) is 0 Å². The van der Waals surface area contributed by atoms with Gasteiger partial charge in [0.25, 0.3) is 5.91 Å². The van der Waals surface area contributed by atoms with Gasteiger partial charge in [0.1, 0.15) is 0 Å². The summed E-state index contributed by atoms with van der Waals surface area (Å²) in [6.07, 6.45) is 0. The molecule has 2 rings (SSSR count). The number of carbonyl (C=O) groups excluding carboxylic acids is 4. The number of esters is 1. The third-order valence-electron chi connectivity index (χ3n) is 4.35. The fourth-order valence-corrected chi connectivity index (χ4v) is 2.79. The number of nitrogens with zero attached hydrogens (tertiary/aromatic N) is 1. The lowest BCUT2D eigenvalue weighted by Crippen LogP contribution is -2.23. The van der Waals surface area contributed by atoms with E-state index in [1.165, 1.54) is 18.2 Å². The number of amides is 3. The van der Waals surface area contributed by atoms with Crippen LogP contribution >= 0.6 is 0 Å². The molecule has 0 saturated heterocycles. The lowest BCUT2D eigenvalue weighted by molar-refractivity contribution is -0.119. The highest BCUT2D eigenvalue weighted by Gasteiger charge is 2.14. The molecule has 0 unspecified atom stereocenters. The van der Waals surface area contributed by atoms with Crippen molar-refractivity contribution in [3.05, 3.63) is 59.2 Å². The lowest BCUT2D eigenvalue weighted by atomic mass is 10.1.